The fourth-order valence-corrected chi connectivity index (χ4v) is 5.06. The average Bonchev–Trinajstić information content (AvgIpc) is 3.10. The zero-order valence-corrected chi connectivity index (χ0v) is 14.3. The minimum absolute atomic E-state index is 0.0129. The van der Waals surface area contributed by atoms with Gasteiger partial charge in [0, 0.05) is 23.1 Å². The molecule has 7 nitrogen and oxygen atoms in total. The molecule has 0 saturated heterocycles. The van der Waals surface area contributed by atoms with E-state index in [-0.39, 0.29) is 21.2 Å². The minimum atomic E-state index is -3.44. The first-order valence-corrected chi connectivity index (χ1v) is 9.92. The Hall–Kier alpha value is -1.87. The molecule has 2 heterocycles. The number of carbonyl (C=O) groups excluding carboxylic acids is 1. The van der Waals surface area contributed by atoms with Crippen molar-refractivity contribution in [2.24, 2.45) is 0 Å². The van der Waals surface area contributed by atoms with E-state index in [0.29, 0.717) is 18.2 Å². The zero-order valence-electron chi connectivity index (χ0n) is 12.6. The largest absolute Gasteiger partial charge is 0.396 e. The Bertz CT molecular complexity index is 834. The Morgan fingerprint density at radius 1 is 1.52 bits per heavy atom. The van der Waals surface area contributed by atoms with Crippen LogP contribution in [-0.4, -0.2) is 30.3 Å². The van der Waals surface area contributed by atoms with Gasteiger partial charge in [-0.15, -0.1) is 11.3 Å². The van der Waals surface area contributed by atoms with Crippen LogP contribution < -0.4 is 11.1 Å². The Balaban J connectivity index is 1.78. The van der Waals surface area contributed by atoms with E-state index in [0.717, 1.165) is 29.9 Å². The van der Waals surface area contributed by atoms with Crippen LogP contribution in [0.1, 0.15) is 47.5 Å². The molecule has 0 aliphatic heterocycles. The summed E-state index contributed by atoms with van der Waals surface area (Å²) < 4.78 is 24.2. The maximum atomic E-state index is 12.3. The molecular formula is C14H18N4O3S2. The van der Waals surface area contributed by atoms with Gasteiger partial charge in [0.05, 0.1) is 11.4 Å². The van der Waals surface area contributed by atoms with Gasteiger partial charge in [-0.1, -0.05) is 6.92 Å². The van der Waals surface area contributed by atoms with E-state index in [2.05, 4.69) is 15.5 Å². The monoisotopic (exact) mass is 354 g/mol. The van der Waals surface area contributed by atoms with Gasteiger partial charge in [-0.25, -0.2) is 8.42 Å². The number of carbonyl (C=O) groups is 1. The highest BCUT2D eigenvalue weighted by atomic mass is 32.2. The van der Waals surface area contributed by atoms with Gasteiger partial charge in [0.25, 0.3) is 5.91 Å². The van der Waals surface area contributed by atoms with E-state index in [1.807, 2.05) is 0 Å². The third-order valence-corrected chi connectivity index (χ3v) is 6.76. The van der Waals surface area contributed by atoms with Crippen molar-refractivity contribution in [2.45, 2.75) is 37.0 Å². The number of hydrogen-bond acceptors (Lipinski definition) is 6. The molecule has 1 aliphatic carbocycles. The molecule has 3 rings (SSSR count). The average molecular weight is 354 g/mol. The smallest absolute Gasteiger partial charge is 0.269 e. The van der Waals surface area contributed by atoms with Gasteiger partial charge >= 0.3 is 0 Å². The lowest BCUT2D eigenvalue weighted by Gasteiger charge is -2.03. The Labute approximate surface area is 138 Å². The molecule has 23 heavy (non-hydrogen) atoms. The lowest BCUT2D eigenvalue weighted by Crippen LogP contribution is -2.14. The number of nitrogen functional groups attached to an aromatic ring is 1. The van der Waals surface area contributed by atoms with Crippen LogP contribution in [0.25, 0.3) is 0 Å². The normalized spacial score (nSPS) is 14.8. The third kappa shape index (κ3) is 3.25. The topological polar surface area (TPSA) is 118 Å². The van der Waals surface area contributed by atoms with Crippen molar-refractivity contribution in [3.63, 3.8) is 0 Å². The molecule has 4 N–H and O–H groups in total. The lowest BCUT2D eigenvalue weighted by atomic mass is 10.3. The highest BCUT2D eigenvalue weighted by Crippen LogP contribution is 2.39. The Morgan fingerprint density at radius 2 is 2.26 bits per heavy atom. The first-order valence-electron chi connectivity index (χ1n) is 7.38. The summed E-state index contributed by atoms with van der Waals surface area (Å²) in [4.78, 5) is 12.5. The number of aromatic amines is 1. The van der Waals surface area contributed by atoms with Crippen LogP contribution in [0.5, 0.6) is 0 Å². The summed E-state index contributed by atoms with van der Waals surface area (Å²) >= 11 is 1.03. The van der Waals surface area contributed by atoms with Crippen molar-refractivity contribution < 1.29 is 13.2 Å². The van der Waals surface area contributed by atoms with E-state index in [4.69, 9.17) is 5.73 Å². The van der Waals surface area contributed by atoms with Crippen LogP contribution in [0, 0.1) is 0 Å². The molecule has 0 bridgehead atoms. The molecule has 1 saturated carbocycles. The molecule has 0 unspecified atom stereocenters. The number of hydrogen-bond donors (Lipinski definition) is 3. The summed E-state index contributed by atoms with van der Waals surface area (Å²) in [6.45, 7) is 1.78. The number of rotatable bonds is 6. The number of nitrogens with one attached hydrogen (secondary N) is 2. The van der Waals surface area contributed by atoms with Crippen molar-refractivity contribution in [3.05, 3.63) is 22.0 Å². The molecule has 1 fully saturated rings. The molecule has 124 valence electrons. The van der Waals surface area contributed by atoms with E-state index in [1.165, 1.54) is 5.38 Å². The Kier molecular flexibility index (Phi) is 4.15. The number of nitrogens with zero attached hydrogens (tertiary/aromatic N) is 1. The number of aromatic nitrogens is 2. The quantitative estimate of drug-likeness (QED) is 0.736. The number of sulfone groups is 1. The molecule has 2 aromatic heterocycles. The van der Waals surface area contributed by atoms with Gasteiger partial charge in [-0.05, 0) is 19.3 Å². The van der Waals surface area contributed by atoms with Crippen molar-refractivity contribution in [1.29, 1.82) is 0 Å². The molecular weight excluding hydrogens is 336 g/mol. The standard InChI is InChI=1S/C14H18N4O3S2/c1-2-5-23(20,21)10-7-22-13(12(10)15)14(19)16-11-6-9(17-18-11)8-3-4-8/h6-8H,2-5,15H2,1H3,(H2,16,17,18,19). The molecule has 0 atom stereocenters. The van der Waals surface area contributed by atoms with Gasteiger partial charge < -0.3 is 11.1 Å². The van der Waals surface area contributed by atoms with E-state index < -0.39 is 15.7 Å². The van der Waals surface area contributed by atoms with Crippen LogP contribution in [-0.2, 0) is 9.84 Å². The number of thiophene rings is 1. The second-order valence-corrected chi connectivity index (χ2v) is 8.56. The molecule has 0 aromatic carbocycles. The molecule has 1 aliphatic rings. The van der Waals surface area contributed by atoms with E-state index >= 15 is 0 Å². The van der Waals surface area contributed by atoms with Crippen LogP contribution in [0.4, 0.5) is 11.5 Å². The summed E-state index contributed by atoms with van der Waals surface area (Å²) in [5, 5.41) is 11.0. The Morgan fingerprint density at radius 3 is 2.91 bits per heavy atom. The van der Waals surface area contributed by atoms with Crippen LogP contribution in [0.3, 0.4) is 0 Å². The second-order valence-electron chi connectivity index (χ2n) is 5.60. The predicted octanol–water partition coefficient (Wildman–Crippen LogP) is 2.37. The summed E-state index contributed by atoms with van der Waals surface area (Å²) in [6.07, 6.45) is 2.76. The number of H-pyrrole nitrogens is 1. The highest BCUT2D eigenvalue weighted by Gasteiger charge is 2.27. The lowest BCUT2D eigenvalue weighted by molar-refractivity contribution is 0.103. The van der Waals surface area contributed by atoms with E-state index in [1.54, 1.807) is 13.0 Å². The summed E-state index contributed by atoms with van der Waals surface area (Å²) in [5.74, 6) is 0.492. The van der Waals surface area contributed by atoms with Crippen molar-refractivity contribution in [2.75, 3.05) is 16.8 Å². The fourth-order valence-electron chi connectivity index (χ4n) is 2.32. The van der Waals surface area contributed by atoms with Crippen LogP contribution in [0.15, 0.2) is 16.3 Å². The summed E-state index contributed by atoms with van der Waals surface area (Å²) in [5.41, 5.74) is 6.90. The predicted molar refractivity (Wildman–Crippen MR) is 89.6 cm³/mol. The second kappa shape index (κ2) is 5.97. The summed E-state index contributed by atoms with van der Waals surface area (Å²) in [6, 6.07) is 1.80. The first-order chi connectivity index (χ1) is 10.9. The maximum Gasteiger partial charge on any atom is 0.269 e. The maximum absolute atomic E-state index is 12.3. The van der Waals surface area contributed by atoms with Gasteiger partial charge in [0.15, 0.2) is 15.7 Å². The van der Waals surface area contributed by atoms with Gasteiger partial charge in [0.1, 0.15) is 9.77 Å². The fraction of sp³-hybridized carbons (Fsp3) is 0.429. The molecule has 9 heteroatoms. The minimum Gasteiger partial charge on any atom is -0.396 e. The van der Waals surface area contributed by atoms with Gasteiger partial charge in [-0.3, -0.25) is 9.89 Å². The van der Waals surface area contributed by atoms with Crippen molar-refractivity contribution in [1.82, 2.24) is 10.2 Å². The van der Waals surface area contributed by atoms with Gasteiger partial charge in [-0.2, -0.15) is 5.10 Å². The SMILES string of the molecule is CCCS(=O)(=O)c1csc(C(=O)Nc2cc(C3CC3)[nH]n2)c1N. The first kappa shape index (κ1) is 16.0. The van der Waals surface area contributed by atoms with Crippen LogP contribution >= 0.6 is 11.3 Å². The van der Waals surface area contributed by atoms with Crippen molar-refractivity contribution >= 4 is 38.6 Å². The highest BCUT2D eigenvalue weighted by molar-refractivity contribution is 7.91. The third-order valence-electron chi connectivity index (χ3n) is 3.66. The molecule has 2 aromatic rings. The number of anilines is 2. The van der Waals surface area contributed by atoms with Crippen molar-refractivity contribution in [3.8, 4) is 0 Å². The summed E-state index contributed by atoms with van der Waals surface area (Å²) in [7, 11) is -3.44. The zero-order chi connectivity index (χ0) is 16.6. The number of amides is 1. The molecule has 1 amide bonds. The van der Waals surface area contributed by atoms with E-state index in [9.17, 15) is 13.2 Å². The number of nitrogens with two attached hydrogens (primary N) is 1. The van der Waals surface area contributed by atoms with Gasteiger partial charge in [0.2, 0.25) is 0 Å². The molecule has 0 spiro atoms. The van der Waals surface area contributed by atoms with Crippen LogP contribution in [0.2, 0.25) is 0 Å². The molecule has 0 radical (unpaired) electrons.